The number of benzene rings is 2. The van der Waals surface area contributed by atoms with E-state index in [0.717, 1.165) is 6.42 Å². The molecule has 0 aliphatic rings. The van der Waals surface area contributed by atoms with Gasteiger partial charge in [0.1, 0.15) is 17.4 Å². The maximum Gasteiger partial charge on any atom is 0.260 e. The predicted molar refractivity (Wildman–Crippen MR) is 167 cm³/mol. The van der Waals surface area contributed by atoms with Crippen LogP contribution >= 0.6 is 15.9 Å². The number of alkyl halides is 1. The van der Waals surface area contributed by atoms with Crippen LogP contribution < -0.4 is 27.0 Å². The number of halogens is 1. The Morgan fingerprint density at radius 3 is 2.38 bits per heavy atom. The number of aromatic nitrogens is 2. The Balaban J connectivity index is 1.72. The van der Waals surface area contributed by atoms with Crippen molar-refractivity contribution in [3.8, 4) is 0 Å². The van der Waals surface area contributed by atoms with Crippen LogP contribution in [0.3, 0.4) is 0 Å². The van der Waals surface area contributed by atoms with E-state index in [9.17, 15) is 19.2 Å². The highest BCUT2D eigenvalue weighted by Gasteiger charge is 2.21. The van der Waals surface area contributed by atoms with E-state index < -0.39 is 17.9 Å². The van der Waals surface area contributed by atoms with Gasteiger partial charge in [-0.05, 0) is 61.9 Å². The van der Waals surface area contributed by atoms with Gasteiger partial charge in [0.25, 0.3) is 5.91 Å². The molecule has 13 heteroatoms. The van der Waals surface area contributed by atoms with Crippen molar-refractivity contribution in [2.75, 3.05) is 40.2 Å². The SMILES string of the molecule is CCCNc1nc(Nc2ccc(C(N)=O)cc2)ncc1C(=O)Nc1cccc(NC(=O)[C@H](C)N(C)C(=O)C=CCBr)c1. The summed E-state index contributed by atoms with van der Waals surface area (Å²) in [6.45, 7) is 4.19. The van der Waals surface area contributed by atoms with E-state index in [0.29, 0.717) is 40.3 Å². The van der Waals surface area contributed by atoms with E-state index in [1.807, 2.05) is 6.92 Å². The largest absolute Gasteiger partial charge is 0.369 e. The Morgan fingerprint density at radius 1 is 1.05 bits per heavy atom. The fourth-order valence-electron chi connectivity index (χ4n) is 3.58. The van der Waals surface area contributed by atoms with Crippen LogP contribution in [0.2, 0.25) is 0 Å². The smallest absolute Gasteiger partial charge is 0.260 e. The van der Waals surface area contributed by atoms with E-state index >= 15 is 0 Å². The third-order valence-electron chi connectivity index (χ3n) is 6.05. The van der Waals surface area contributed by atoms with Gasteiger partial charge < -0.3 is 31.9 Å². The highest BCUT2D eigenvalue weighted by Crippen LogP contribution is 2.21. The fourth-order valence-corrected chi connectivity index (χ4v) is 3.77. The Kier molecular flexibility index (Phi) is 11.6. The van der Waals surface area contributed by atoms with Gasteiger partial charge in [-0.1, -0.05) is 35.0 Å². The first kappa shape index (κ1) is 31.7. The Labute approximate surface area is 252 Å². The number of allylic oxidation sites excluding steroid dienone is 1. The molecule has 1 atom stereocenters. The summed E-state index contributed by atoms with van der Waals surface area (Å²) in [6, 6.07) is 12.5. The van der Waals surface area contributed by atoms with E-state index in [1.165, 1.54) is 17.2 Å². The maximum absolute atomic E-state index is 13.2. The van der Waals surface area contributed by atoms with E-state index in [4.69, 9.17) is 5.73 Å². The normalized spacial score (nSPS) is 11.4. The second-order valence-electron chi connectivity index (χ2n) is 9.16. The minimum atomic E-state index is -0.728. The molecule has 1 heterocycles. The third-order valence-corrected chi connectivity index (χ3v) is 6.42. The van der Waals surface area contributed by atoms with Crippen LogP contribution in [0.5, 0.6) is 0 Å². The van der Waals surface area contributed by atoms with Crippen LogP contribution in [0.4, 0.5) is 28.8 Å². The summed E-state index contributed by atoms with van der Waals surface area (Å²) in [5.74, 6) is -1.07. The molecule has 0 aliphatic heterocycles. The van der Waals surface area contributed by atoms with Gasteiger partial charge in [0.05, 0.1) is 0 Å². The number of nitrogens with two attached hydrogens (primary N) is 1. The van der Waals surface area contributed by atoms with Crippen LogP contribution in [0.1, 0.15) is 41.0 Å². The number of primary amides is 1. The third kappa shape index (κ3) is 8.86. The number of amides is 4. The van der Waals surface area contributed by atoms with Gasteiger partial charge in [-0.15, -0.1) is 0 Å². The summed E-state index contributed by atoms with van der Waals surface area (Å²) in [4.78, 5) is 59.6. The van der Waals surface area contributed by atoms with Crippen LogP contribution in [-0.2, 0) is 9.59 Å². The molecule has 6 N–H and O–H groups in total. The van der Waals surface area contributed by atoms with Crippen molar-refractivity contribution in [3.63, 3.8) is 0 Å². The first-order valence-corrected chi connectivity index (χ1v) is 14.2. The number of hydrogen-bond donors (Lipinski definition) is 5. The van der Waals surface area contributed by atoms with Gasteiger partial charge in [0.15, 0.2) is 0 Å². The van der Waals surface area contributed by atoms with Gasteiger partial charge in [0.2, 0.25) is 23.7 Å². The zero-order valence-corrected chi connectivity index (χ0v) is 25.1. The highest BCUT2D eigenvalue weighted by atomic mass is 79.9. The molecular weight excluding hydrogens is 604 g/mol. The molecule has 3 aromatic rings. The van der Waals surface area contributed by atoms with Gasteiger partial charge in [-0.3, -0.25) is 19.2 Å². The lowest BCUT2D eigenvalue weighted by molar-refractivity contribution is -0.132. The van der Waals surface area contributed by atoms with E-state index in [2.05, 4.69) is 47.2 Å². The first-order valence-electron chi connectivity index (χ1n) is 13.1. The number of nitrogens with zero attached hydrogens (tertiary/aromatic N) is 3. The minimum Gasteiger partial charge on any atom is -0.369 e. The first-order chi connectivity index (χ1) is 20.1. The molecule has 1 aromatic heterocycles. The molecule has 0 unspecified atom stereocenters. The zero-order chi connectivity index (χ0) is 30.6. The molecule has 0 saturated heterocycles. The number of carbonyl (C=O) groups is 4. The number of likely N-dealkylation sites (N-methyl/N-ethyl adjacent to an activating group) is 1. The molecule has 42 heavy (non-hydrogen) atoms. The molecule has 0 saturated carbocycles. The number of nitrogens with one attached hydrogen (secondary N) is 4. The van der Waals surface area contributed by atoms with E-state index in [-0.39, 0.29) is 23.3 Å². The molecule has 0 fully saturated rings. The predicted octanol–water partition coefficient (Wildman–Crippen LogP) is 4.13. The van der Waals surface area contributed by atoms with Crippen molar-refractivity contribution < 1.29 is 19.2 Å². The summed E-state index contributed by atoms with van der Waals surface area (Å²) in [5.41, 5.74) is 7.41. The zero-order valence-electron chi connectivity index (χ0n) is 23.5. The molecule has 0 bridgehead atoms. The van der Waals surface area contributed by atoms with Crippen molar-refractivity contribution in [1.82, 2.24) is 14.9 Å². The quantitative estimate of drug-likeness (QED) is 0.138. The molecule has 3 rings (SSSR count). The van der Waals surface area contributed by atoms with Crippen LogP contribution in [0, 0.1) is 0 Å². The second-order valence-corrected chi connectivity index (χ2v) is 9.80. The van der Waals surface area contributed by atoms with E-state index in [1.54, 1.807) is 68.6 Å². The average molecular weight is 638 g/mol. The molecule has 0 aliphatic carbocycles. The number of anilines is 5. The summed E-state index contributed by atoms with van der Waals surface area (Å²) in [5, 5.41) is 12.3. The average Bonchev–Trinajstić information content (AvgIpc) is 2.98. The Morgan fingerprint density at radius 2 is 1.74 bits per heavy atom. The summed E-state index contributed by atoms with van der Waals surface area (Å²) < 4.78 is 0. The number of rotatable bonds is 13. The molecule has 0 spiro atoms. The topological polar surface area (TPSA) is 171 Å². The van der Waals surface area contributed by atoms with Crippen LogP contribution in [0.15, 0.2) is 66.9 Å². The lowest BCUT2D eigenvalue weighted by Gasteiger charge is -2.23. The van der Waals surface area contributed by atoms with Crippen molar-refractivity contribution in [3.05, 3.63) is 78.0 Å². The maximum atomic E-state index is 13.2. The molecule has 4 amide bonds. The van der Waals surface area contributed by atoms with Crippen molar-refractivity contribution >= 4 is 68.4 Å². The summed E-state index contributed by atoms with van der Waals surface area (Å²) in [6.07, 6.45) is 5.26. The van der Waals surface area contributed by atoms with Crippen molar-refractivity contribution in [2.24, 2.45) is 5.73 Å². The molecule has 2 aromatic carbocycles. The fraction of sp³-hybridized carbons (Fsp3) is 0.241. The monoisotopic (exact) mass is 636 g/mol. The highest BCUT2D eigenvalue weighted by molar-refractivity contribution is 9.09. The second kappa shape index (κ2) is 15.3. The van der Waals surface area contributed by atoms with Crippen molar-refractivity contribution in [1.29, 1.82) is 0 Å². The van der Waals surface area contributed by atoms with Gasteiger partial charge in [0, 0.05) is 47.7 Å². The van der Waals surface area contributed by atoms with Crippen LogP contribution in [-0.4, -0.2) is 63.5 Å². The van der Waals surface area contributed by atoms with Gasteiger partial charge in [-0.25, -0.2) is 4.98 Å². The molecule has 220 valence electrons. The van der Waals surface area contributed by atoms with Gasteiger partial charge >= 0.3 is 0 Å². The minimum absolute atomic E-state index is 0.220. The standard InChI is InChI=1S/C29H33BrN8O4/c1-4-15-32-26-23(17-33-29(37-26)36-20-12-10-19(11-13-20)25(31)40)28(42)35-22-8-5-7-21(16-22)34-27(41)18(2)38(3)24(39)9-6-14-30/h5-13,16-18H,4,14-15H2,1-3H3,(H2,31,40)(H,34,41)(H,35,42)(H2,32,33,36,37)/t18-/m0/s1. The van der Waals surface area contributed by atoms with Gasteiger partial charge in [-0.2, -0.15) is 4.98 Å². The Bertz CT molecular complexity index is 1460. The van der Waals surface area contributed by atoms with Crippen molar-refractivity contribution in [2.45, 2.75) is 26.3 Å². The molecular formula is C29H33BrN8O4. The number of hydrogen-bond acceptors (Lipinski definition) is 8. The molecule has 0 radical (unpaired) electrons. The summed E-state index contributed by atoms with van der Waals surface area (Å²) >= 11 is 3.22. The van der Waals surface area contributed by atoms with Crippen LogP contribution in [0.25, 0.3) is 0 Å². The lowest BCUT2D eigenvalue weighted by atomic mass is 10.2. The molecule has 12 nitrogen and oxygen atoms in total. The summed E-state index contributed by atoms with van der Waals surface area (Å²) in [7, 11) is 1.55. The Hall–Kier alpha value is -4.78. The lowest BCUT2D eigenvalue weighted by Crippen LogP contribution is -2.42. The number of carbonyl (C=O) groups excluding carboxylic acids is 4.